The van der Waals surface area contributed by atoms with Crippen molar-refractivity contribution in [1.82, 2.24) is 5.32 Å². The first-order valence-corrected chi connectivity index (χ1v) is 19.0. The van der Waals surface area contributed by atoms with Crippen molar-refractivity contribution in [1.29, 1.82) is 0 Å². The van der Waals surface area contributed by atoms with E-state index in [2.05, 4.69) is 57.8 Å². The van der Waals surface area contributed by atoms with Crippen LogP contribution in [0.15, 0.2) is 119 Å². The average Bonchev–Trinajstić information content (AvgIpc) is 3.86. The summed E-state index contributed by atoms with van der Waals surface area (Å²) < 4.78 is 5.69. The number of esters is 1. The standard InChI is InChI=1S/C43H54N4O4/c1-7-29-25(3)33-22-35-27(5)31(17-18-40(50)51-20-16-14-12-10-9-11-13-15-19-48)42(46-35)32-21-39(49)41-28(6)36(47-43(32)41)24-38-30(8-2)26(4)34(45-38)23-37(29)44-33/h7,22-24,27,31,46,48-49H,1,8-21H2,2-6H3/t27-,31-/m0/s1. The molecule has 6 rings (SSSR count). The highest BCUT2D eigenvalue weighted by atomic mass is 16.5. The van der Waals surface area contributed by atoms with E-state index < -0.39 is 0 Å². The third kappa shape index (κ3) is 7.39. The molecule has 5 aliphatic heterocycles. The van der Waals surface area contributed by atoms with Crippen LogP contribution in [0.2, 0.25) is 0 Å². The highest BCUT2D eigenvalue weighted by molar-refractivity contribution is 6.21. The molecule has 5 heterocycles. The Kier molecular flexibility index (Phi) is 11.4. The summed E-state index contributed by atoms with van der Waals surface area (Å²) >= 11 is 0. The number of fused-ring (bicyclic) bond motifs is 5. The van der Waals surface area contributed by atoms with Crippen LogP contribution in [-0.4, -0.2) is 46.5 Å². The van der Waals surface area contributed by atoms with Crippen LogP contribution in [-0.2, 0) is 9.53 Å². The summed E-state index contributed by atoms with van der Waals surface area (Å²) in [5.41, 5.74) is 14.3. The van der Waals surface area contributed by atoms with Crippen molar-refractivity contribution in [3.8, 4) is 0 Å². The number of nitrogens with one attached hydrogen (secondary N) is 1. The molecule has 2 atom stereocenters. The van der Waals surface area contributed by atoms with Gasteiger partial charge in [-0.3, -0.25) is 4.79 Å². The van der Waals surface area contributed by atoms with E-state index in [9.17, 15) is 9.90 Å². The lowest BCUT2D eigenvalue weighted by Crippen LogP contribution is -2.16. The molecule has 0 radical (unpaired) electrons. The van der Waals surface area contributed by atoms with Crippen molar-refractivity contribution in [3.05, 3.63) is 104 Å². The molecule has 0 aromatic heterocycles. The summed E-state index contributed by atoms with van der Waals surface area (Å²) in [6.45, 7) is 15.4. The summed E-state index contributed by atoms with van der Waals surface area (Å²) in [6, 6.07) is 0. The fourth-order valence-electron chi connectivity index (χ4n) is 8.19. The number of carbonyl (C=O) groups excluding carboxylic acids is 1. The summed E-state index contributed by atoms with van der Waals surface area (Å²) in [7, 11) is 0. The molecule has 8 nitrogen and oxygen atoms in total. The fourth-order valence-corrected chi connectivity index (χ4v) is 8.19. The van der Waals surface area contributed by atoms with Gasteiger partial charge in [-0.2, -0.15) is 0 Å². The molecule has 51 heavy (non-hydrogen) atoms. The molecule has 1 saturated heterocycles. The largest absolute Gasteiger partial charge is 0.511 e. The number of aliphatic hydroxyl groups excluding tert-OH is 2. The number of nitrogens with zero attached hydrogens (tertiary/aromatic N) is 3. The van der Waals surface area contributed by atoms with Gasteiger partial charge in [-0.25, -0.2) is 15.0 Å². The minimum Gasteiger partial charge on any atom is -0.511 e. The number of allylic oxidation sites excluding steroid dienone is 12. The summed E-state index contributed by atoms with van der Waals surface area (Å²) in [5, 5.41) is 24.0. The number of ether oxygens (including phenoxy) is 1. The maximum atomic E-state index is 13.0. The van der Waals surface area contributed by atoms with Crippen LogP contribution >= 0.6 is 0 Å². The maximum absolute atomic E-state index is 13.0. The van der Waals surface area contributed by atoms with Crippen LogP contribution in [0.3, 0.4) is 0 Å². The number of carbonyl (C=O) groups is 1. The molecule has 0 aromatic carbocycles. The molecular weight excluding hydrogens is 636 g/mol. The first kappa shape index (κ1) is 36.5. The molecule has 270 valence electrons. The second kappa shape index (κ2) is 15.9. The second-order valence-electron chi connectivity index (χ2n) is 14.5. The molecule has 0 aromatic rings. The molecule has 6 aliphatic rings. The first-order valence-electron chi connectivity index (χ1n) is 19.0. The van der Waals surface area contributed by atoms with Gasteiger partial charge in [0.25, 0.3) is 0 Å². The van der Waals surface area contributed by atoms with Gasteiger partial charge in [0.2, 0.25) is 0 Å². The van der Waals surface area contributed by atoms with Crippen LogP contribution in [0, 0.1) is 11.8 Å². The zero-order valence-electron chi connectivity index (χ0n) is 31.1. The molecular formula is C43H54N4O4. The van der Waals surface area contributed by atoms with E-state index in [1.807, 2.05) is 13.0 Å². The van der Waals surface area contributed by atoms with Gasteiger partial charge in [0.15, 0.2) is 0 Å². The molecule has 8 bridgehead atoms. The quantitative estimate of drug-likeness (QED) is 0.117. The van der Waals surface area contributed by atoms with Crippen molar-refractivity contribution < 1.29 is 19.7 Å². The minimum absolute atomic E-state index is 0.0110. The summed E-state index contributed by atoms with van der Waals surface area (Å²) in [4.78, 5) is 28.4. The summed E-state index contributed by atoms with van der Waals surface area (Å²) in [6.07, 6.45) is 18.9. The van der Waals surface area contributed by atoms with Crippen LogP contribution in [0.4, 0.5) is 0 Å². The highest BCUT2D eigenvalue weighted by Gasteiger charge is 2.41. The van der Waals surface area contributed by atoms with Gasteiger partial charge in [0.1, 0.15) is 5.76 Å². The zero-order chi connectivity index (χ0) is 36.2. The average molecular weight is 691 g/mol. The van der Waals surface area contributed by atoms with E-state index in [4.69, 9.17) is 24.8 Å². The van der Waals surface area contributed by atoms with Gasteiger partial charge >= 0.3 is 5.97 Å². The van der Waals surface area contributed by atoms with E-state index in [0.29, 0.717) is 31.6 Å². The van der Waals surface area contributed by atoms with E-state index in [-0.39, 0.29) is 24.4 Å². The predicted octanol–water partition coefficient (Wildman–Crippen LogP) is 9.28. The highest BCUT2D eigenvalue weighted by Crippen LogP contribution is 2.46. The van der Waals surface area contributed by atoms with Gasteiger partial charge in [-0.1, -0.05) is 65.0 Å². The van der Waals surface area contributed by atoms with Crippen molar-refractivity contribution in [3.63, 3.8) is 0 Å². The van der Waals surface area contributed by atoms with Crippen molar-refractivity contribution in [2.45, 2.75) is 112 Å². The van der Waals surface area contributed by atoms with Gasteiger partial charge in [-0.15, -0.1) is 0 Å². The lowest BCUT2D eigenvalue weighted by atomic mass is 9.86. The van der Waals surface area contributed by atoms with Crippen LogP contribution in [0.25, 0.3) is 0 Å². The fraction of sp³-hybridized carbons (Fsp3) is 0.488. The number of hydrogen-bond donors (Lipinski definition) is 3. The molecule has 0 saturated carbocycles. The summed E-state index contributed by atoms with van der Waals surface area (Å²) in [5.74, 6) is 0.251. The number of aliphatic hydroxyl groups is 2. The van der Waals surface area contributed by atoms with Crippen LogP contribution < -0.4 is 5.32 Å². The van der Waals surface area contributed by atoms with Gasteiger partial charge in [0, 0.05) is 59.4 Å². The monoisotopic (exact) mass is 690 g/mol. The van der Waals surface area contributed by atoms with Crippen molar-refractivity contribution in [2.75, 3.05) is 13.2 Å². The second-order valence-corrected chi connectivity index (χ2v) is 14.5. The minimum atomic E-state index is -0.167. The lowest BCUT2D eigenvalue weighted by molar-refractivity contribution is -0.144. The lowest BCUT2D eigenvalue weighted by Gasteiger charge is -2.17. The van der Waals surface area contributed by atoms with Gasteiger partial charge in [0.05, 0.1) is 40.8 Å². The van der Waals surface area contributed by atoms with Crippen LogP contribution in [0.1, 0.15) is 112 Å². The topological polar surface area (TPSA) is 116 Å². The Morgan fingerprint density at radius 1 is 0.941 bits per heavy atom. The Morgan fingerprint density at radius 2 is 1.63 bits per heavy atom. The molecule has 1 aliphatic carbocycles. The van der Waals surface area contributed by atoms with Crippen molar-refractivity contribution in [2.24, 2.45) is 26.8 Å². The Morgan fingerprint density at radius 3 is 2.33 bits per heavy atom. The van der Waals surface area contributed by atoms with Crippen molar-refractivity contribution >= 4 is 23.1 Å². The Labute approximate surface area is 303 Å². The Balaban J connectivity index is 1.27. The van der Waals surface area contributed by atoms with Gasteiger partial charge in [-0.05, 0) is 87.0 Å². The molecule has 8 heteroatoms. The van der Waals surface area contributed by atoms with Crippen LogP contribution in [0.5, 0.6) is 0 Å². The number of hydrogen-bond acceptors (Lipinski definition) is 8. The third-order valence-electron chi connectivity index (χ3n) is 11.3. The van der Waals surface area contributed by atoms with E-state index in [1.165, 1.54) is 24.8 Å². The molecule has 0 unspecified atom stereocenters. The predicted molar refractivity (Wildman–Crippen MR) is 206 cm³/mol. The first-order chi connectivity index (χ1) is 24.7. The zero-order valence-corrected chi connectivity index (χ0v) is 31.1. The normalized spacial score (nSPS) is 22.4. The Hall–Kier alpha value is -4.30. The van der Waals surface area contributed by atoms with E-state index >= 15 is 0 Å². The van der Waals surface area contributed by atoms with E-state index in [1.54, 1.807) is 0 Å². The number of rotatable bonds is 15. The SMILES string of the molecule is C=CC1=C(C)C2=NC1=CC1=NC(=CC3=C(C)C4=C(O)CC(=C5NC(=C2)[C@@H](C)[C@@H]5CCC(=O)OCCCCCCCCCCO)C4=N3)C(CC)=C1C. The van der Waals surface area contributed by atoms with E-state index in [0.717, 1.165) is 118 Å². The molecule has 0 spiro atoms. The third-order valence-corrected chi connectivity index (χ3v) is 11.3. The maximum Gasteiger partial charge on any atom is 0.305 e. The number of aliphatic imine (C=N–C) groups is 3. The smallest absolute Gasteiger partial charge is 0.305 e. The molecule has 0 amide bonds. The molecule has 3 N–H and O–H groups in total. The van der Waals surface area contributed by atoms with Gasteiger partial charge < -0.3 is 20.3 Å². The Bertz CT molecular complexity index is 1850. The number of unbranched alkanes of at least 4 members (excludes halogenated alkanes) is 7. The molecule has 1 fully saturated rings.